The Bertz CT molecular complexity index is 788. The third-order valence-corrected chi connectivity index (χ3v) is 3.62. The molecule has 0 saturated heterocycles. The summed E-state index contributed by atoms with van der Waals surface area (Å²) in [6, 6.07) is 13.4. The van der Waals surface area contributed by atoms with Crippen LogP contribution in [0.4, 0.5) is 14.5 Å². The Morgan fingerprint density at radius 3 is 2.59 bits per heavy atom. The number of anilines is 1. The molecule has 0 heterocycles. The van der Waals surface area contributed by atoms with Gasteiger partial charge in [0.05, 0.1) is 6.54 Å². The van der Waals surface area contributed by atoms with Gasteiger partial charge in [-0.25, -0.2) is 0 Å². The van der Waals surface area contributed by atoms with E-state index in [0.717, 1.165) is 0 Å². The molecule has 144 valence electrons. The number of hydrogen-bond donors (Lipinski definition) is 3. The molecular formula is C18H19ClF2N4O2. The summed E-state index contributed by atoms with van der Waals surface area (Å²) in [4.78, 5) is 15.9. The third kappa shape index (κ3) is 7.10. The highest BCUT2D eigenvalue weighted by Crippen LogP contribution is 2.24. The van der Waals surface area contributed by atoms with Gasteiger partial charge in [-0.2, -0.15) is 8.78 Å². The van der Waals surface area contributed by atoms with Crippen LogP contribution in [0.2, 0.25) is 5.02 Å². The number of guanidine groups is 1. The maximum atomic E-state index is 12.5. The van der Waals surface area contributed by atoms with E-state index in [0.29, 0.717) is 22.2 Å². The second-order valence-corrected chi connectivity index (χ2v) is 5.76. The second-order valence-electron chi connectivity index (χ2n) is 5.32. The molecule has 0 aliphatic rings. The molecule has 0 saturated carbocycles. The van der Waals surface area contributed by atoms with Crippen molar-refractivity contribution >= 4 is 29.2 Å². The highest BCUT2D eigenvalue weighted by Gasteiger charge is 2.11. The van der Waals surface area contributed by atoms with Gasteiger partial charge >= 0.3 is 6.61 Å². The molecule has 0 radical (unpaired) electrons. The minimum atomic E-state index is -2.94. The van der Waals surface area contributed by atoms with Gasteiger partial charge in [-0.05, 0) is 30.3 Å². The largest absolute Gasteiger partial charge is 0.434 e. The van der Waals surface area contributed by atoms with Crippen LogP contribution in [0, 0.1) is 0 Å². The minimum Gasteiger partial charge on any atom is -0.434 e. The fourth-order valence-corrected chi connectivity index (χ4v) is 2.38. The zero-order valence-corrected chi connectivity index (χ0v) is 15.3. The fourth-order valence-electron chi connectivity index (χ4n) is 2.19. The van der Waals surface area contributed by atoms with Crippen LogP contribution >= 0.6 is 11.6 Å². The molecule has 0 fully saturated rings. The predicted molar refractivity (Wildman–Crippen MR) is 101 cm³/mol. The number of halogens is 3. The topological polar surface area (TPSA) is 74.8 Å². The quantitative estimate of drug-likeness (QED) is 0.496. The van der Waals surface area contributed by atoms with Crippen LogP contribution in [0.15, 0.2) is 53.5 Å². The van der Waals surface area contributed by atoms with Crippen molar-refractivity contribution in [1.82, 2.24) is 10.6 Å². The number of nitrogens with one attached hydrogen (secondary N) is 3. The number of ether oxygens (including phenoxy) is 1. The Balaban J connectivity index is 1.88. The predicted octanol–water partition coefficient (Wildman–Crippen LogP) is 3.25. The molecule has 0 unspecified atom stereocenters. The van der Waals surface area contributed by atoms with Crippen LogP contribution < -0.4 is 20.7 Å². The smallest absolute Gasteiger partial charge is 0.387 e. The first kappa shape index (κ1) is 20.4. The minimum absolute atomic E-state index is 0.0131. The lowest BCUT2D eigenvalue weighted by Crippen LogP contribution is -2.41. The lowest BCUT2D eigenvalue weighted by molar-refractivity contribution is -0.115. The molecule has 0 aliphatic carbocycles. The summed E-state index contributed by atoms with van der Waals surface area (Å²) in [6.45, 7) is -2.84. The van der Waals surface area contributed by atoms with Crippen LogP contribution in [0.25, 0.3) is 0 Å². The van der Waals surface area contributed by atoms with E-state index >= 15 is 0 Å². The first-order valence-corrected chi connectivity index (χ1v) is 8.38. The molecule has 6 nitrogen and oxygen atoms in total. The summed E-state index contributed by atoms with van der Waals surface area (Å²) in [6.07, 6.45) is 0. The van der Waals surface area contributed by atoms with Crippen LogP contribution in [-0.4, -0.2) is 32.1 Å². The van der Waals surface area contributed by atoms with E-state index in [1.54, 1.807) is 12.1 Å². The molecule has 2 aromatic carbocycles. The molecule has 0 bridgehead atoms. The first-order chi connectivity index (χ1) is 13.0. The molecule has 0 atom stereocenters. The summed E-state index contributed by atoms with van der Waals surface area (Å²) in [7, 11) is 1.53. The molecule has 3 N–H and O–H groups in total. The highest BCUT2D eigenvalue weighted by atomic mass is 35.5. The first-order valence-electron chi connectivity index (χ1n) is 8.00. The molecule has 0 spiro atoms. The average molecular weight is 397 g/mol. The molecule has 9 heteroatoms. The van der Waals surface area contributed by atoms with Crippen molar-refractivity contribution < 1.29 is 18.3 Å². The number of carbonyl (C=O) groups is 1. The summed E-state index contributed by atoms with van der Waals surface area (Å²) >= 11 is 5.91. The van der Waals surface area contributed by atoms with Crippen LogP contribution in [-0.2, 0) is 11.3 Å². The lowest BCUT2D eigenvalue weighted by atomic mass is 10.2. The Morgan fingerprint density at radius 1 is 1.19 bits per heavy atom. The maximum Gasteiger partial charge on any atom is 0.387 e. The van der Waals surface area contributed by atoms with E-state index < -0.39 is 6.61 Å². The fraction of sp³-hybridized carbons (Fsp3) is 0.222. The highest BCUT2D eigenvalue weighted by molar-refractivity contribution is 6.30. The molecular weight excluding hydrogens is 378 g/mol. The molecule has 2 aromatic rings. The molecule has 2 rings (SSSR count). The number of alkyl halides is 2. The van der Waals surface area contributed by atoms with Gasteiger partial charge in [0.2, 0.25) is 5.91 Å². The monoisotopic (exact) mass is 396 g/mol. The Labute approximate surface area is 160 Å². The summed E-state index contributed by atoms with van der Waals surface area (Å²) < 4.78 is 29.5. The molecule has 0 aliphatic heterocycles. The van der Waals surface area contributed by atoms with Crippen LogP contribution in [0.5, 0.6) is 5.75 Å². The van der Waals surface area contributed by atoms with Crippen molar-refractivity contribution in [3.63, 3.8) is 0 Å². The van der Waals surface area contributed by atoms with Gasteiger partial charge in [-0.15, -0.1) is 0 Å². The average Bonchev–Trinajstić information content (AvgIpc) is 2.64. The van der Waals surface area contributed by atoms with Crippen molar-refractivity contribution in [2.45, 2.75) is 13.2 Å². The SMILES string of the molecule is CN=C(NCC(=O)Nc1ccccc1)NCc1cc(Cl)ccc1OC(F)F. The normalized spacial score (nSPS) is 11.2. The van der Waals surface area contributed by atoms with Crippen molar-refractivity contribution in [3.05, 3.63) is 59.1 Å². The van der Waals surface area contributed by atoms with Gasteiger partial charge in [-0.3, -0.25) is 9.79 Å². The summed E-state index contributed by atoms with van der Waals surface area (Å²) in [5.74, 6) is 0.0778. The van der Waals surface area contributed by atoms with Gasteiger partial charge in [0.1, 0.15) is 5.75 Å². The Morgan fingerprint density at radius 2 is 1.93 bits per heavy atom. The number of nitrogens with zero attached hydrogens (tertiary/aromatic N) is 1. The number of para-hydroxylation sites is 1. The third-order valence-electron chi connectivity index (χ3n) is 3.38. The van der Waals surface area contributed by atoms with Crippen molar-refractivity contribution in [2.24, 2.45) is 4.99 Å². The van der Waals surface area contributed by atoms with Crippen LogP contribution in [0.3, 0.4) is 0 Å². The van der Waals surface area contributed by atoms with E-state index in [1.807, 2.05) is 18.2 Å². The zero-order valence-electron chi connectivity index (χ0n) is 14.5. The molecule has 1 amide bonds. The molecule has 0 aromatic heterocycles. The van der Waals surface area contributed by atoms with Crippen molar-refractivity contribution in [2.75, 3.05) is 18.9 Å². The zero-order chi connectivity index (χ0) is 19.6. The van der Waals surface area contributed by atoms with Gasteiger partial charge in [-0.1, -0.05) is 29.8 Å². The van der Waals surface area contributed by atoms with Crippen LogP contribution in [0.1, 0.15) is 5.56 Å². The Hall–Kier alpha value is -2.87. The number of rotatable bonds is 7. The number of benzene rings is 2. The molecule has 27 heavy (non-hydrogen) atoms. The van der Waals surface area contributed by atoms with E-state index in [9.17, 15) is 13.6 Å². The van der Waals surface area contributed by atoms with Crippen molar-refractivity contribution in [1.29, 1.82) is 0 Å². The number of carbonyl (C=O) groups excluding carboxylic acids is 1. The van der Waals surface area contributed by atoms with E-state index in [-0.39, 0.29) is 24.7 Å². The summed E-state index contributed by atoms with van der Waals surface area (Å²) in [5, 5.41) is 8.88. The van der Waals surface area contributed by atoms with Gasteiger partial charge < -0.3 is 20.7 Å². The number of hydrogen-bond acceptors (Lipinski definition) is 3. The van der Waals surface area contributed by atoms with E-state index in [1.165, 1.54) is 25.2 Å². The Kier molecular flexibility index (Phi) is 7.81. The standard InChI is InChI=1S/C18H19ClF2N4O2/c1-22-18(24-11-16(26)25-14-5-3-2-4-6-14)23-10-12-9-13(19)7-8-15(12)27-17(20)21/h2-9,17H,10-11H2,1H3,(H,25,26)(H2,22,23,24). The maximum absolute atomic E-state index is 12.5. The number of amides is 1. The van der Waals surface area contributed by atoms with Gasteiger partial charge in [0, 0.05) is 29.9 Å². The lowest BCUT2D eigenvalue weighted by Gasteiger charge is -2.15. The van der Waals surface area contributed by atoms with Gasteiger partial charge in [0.25, 0.3) is 0 Å². The van der Waals surface area contributed by atoms with E-state index in [2.05, 4.69) is 25.7 Å². The van der Waals surface area contributed by atoms with Gasteiger partial charge in [0.15, 0.2) is 5.96 Å². The van der Waals surface area contributed by atoms with E-state index in [4.69, 9.17) is 11.6 Å². The number of aliphatic imine (C=N–C) groups is 1. The summed E-state index contributed by atoms with van der Waals surface area (Å²) in [5.41, 5.74) is 1.11. The second kappa shape index (κ2) is 10.3. The van der Waals surface area contributed by atoms with Crippen molar-refractivity contribution in [3.8, 4) is 5.75 Å².